The van der Waals surface area contributed by atoms with E-state index < -0.39 is 56.4 Å². The van der Waals surface area contributed by atoms with E-state index >= 15 is 9.18 Å². The zero-order valence-electron chi connectivity index (χ0n) is 38.5. The van der Waals surface area contributed by atoms with Gasteiger partial charge in [0.1, 0.15) is 18.0 Å². The van der Waals surface area contributed by atoms with Gasteiger partial charge in [0.05, 0.1) is 54.5 Å². The molecule has 0 bridgehead atoms. The Bertz CT molecular complexity index is 2530. The number of carbonyl (C=O) groups is 4. The lowest BCUT2D eigenvalue weighted by molar-refractivity contribution is -0.155. The molecule has 3 heterocycles. The van der Waals surface area contributed by atoms with Gasteiger partial charge in [-0.2, -0.15) is 0 Å². The van der Waals surface area contributed by atoms with Crippen LogP contribution in [0, 0.1) is 46.7 Å². The van der Waals surface area contributed by atoms with Gasteiger partial charge in [-0.05, 0) is 149 Å². The summed E-state index contributed by atoms with van der Waals surface area (Å²) >= 11 is 0. The fraction of sp³-hybridized carbons (Fsp3) is 0.588. The highest BCUT2D eigenvalue weighted by molar-refractivity contribution is 7.90. The lowest BCUT2D eigenvalue weighted by Gasteiger charge is -2.32. The van der Waals surface area contributed by atoms with E-state index in [-0.39, 0.29) is 79.1 Å². The maximum Gasteiger partial charge on any atom is 0.306 e. The SMILES string of the molecule is COc1ccc2c(O[C@@H]3C[C@H]4C(=O)C[C@]5(C(=O)NS(=O)(=O)C6CC6)C[C@H]5/C=C\CC[C@@H](C)C[C@@H](C)[C@H](CC(=O)OC5C[C@@H]6C[C@@H]6C5)C(=O)N4C3)nc(-c3ccc(OC(C)C)c(F)c3)cc2c1. The monoisotopic (exact) mass is 927 g/mol. The number of methoxy groups -OCH3 is 1. The summed E-state index contributed by atoms with van der Waals surface area (Å²) in [5.74, 6) is -1.54. The molecule has 9 rings (SSSR count). The summed E-state index contributed by atoms with van der Waals surface area (Å²) in [5.41, 5.74) is -0.428. The molecule has 354 valence electrons. The quantitative estimate of drug-likeness (QED) is 0.138. The van der Waals surface area contributed by atoms with Crippen molar-refractivity contribution in [1.82, 2.24) is 14.6 Å². The van der Waals surface area contributed by atoms with Crippen molar-refractivity contribution in [2.75, 3.05) is 13.7 Å². The molecule has 6 aliphatic rings. The third kappa shape index (κ3) is 9.82. The number of esters is 1. The number of aromatic nitrogens is 1. The summed E-state index contributed by atoms with van der Waals surface area (Å²) in [6.45, 7) is 7.72. The van der Waals surface area contributed by atoms with E-state index in [9.17, 15) is 22.8 Å². The number of benzene rings is 2. The average molecular weight is 928 g/mol. The number of pyridine rings is 1. The molecule has 15 heteroatoms. The number of ketones is 1. The number of sulfonamides is 1. The summed E-state index contributed by atoms with van der Waals surface area (Å²) in [4.78, 5) is 64.4. The Morgan fingerprint density at radius 1 is 0.970 bits per heavy atom. The Balaban J connectivity index is 1.05. The molecule has 4 saturated carbocycles. The second-order valence-corrected chi connectivity index (χ2v) is 22.4. The van der Waals surface area contributed by atoms with Gasteiger partial charge in [-0.15, -0.1) is 0 Å². The summed E-state index contributed by atoms with van der Waals surface area (Å²) in [6, 6.07) is 10.8. The minimum atomic E-state index is -3.90. The molecule has 0 spiro atoms. The molecular formula is C51H62FN3O10S. The van der Waals surface area contributed by atoms with E-state index in [4.69, 9.17) is 23.9 Å². The van der Waals surface area contributed by atoms with Crippen molar-refractivity contribution in [3.8, 4) is 28.6 Å². The van der Waals surface area contributed by atoms with Gasteiger partial charge in [0.15, 0.2) is 17.3 Å². The number of fused-ring (bicyclic) bond motifs is 4. The third-order valence-electron chi connectivity index (χ3n) is 14.9. The fourth-order valence-electron chi connectivity index (χ4n) is 10.9. The van der Waals surface area contributed by atoms with Crippen molar-refractivity contribution < 1.29 is 50.9 Å². The van der Waals surface area contributed by atoms with Gasteiger partial charge in [0.2, 0.25) is 27.7 Å². The summed E-state index contributed by atoms with van der Waals surface area (Å²) < 4.78 is 67.8. The van der Waals surface area contributed by atoms with E-state index in [0.717, 1.165) is 19.3 Å². The van der Waals surface area contributed by atoms with Crippen molar-refractivity contribution >= 4 is 44.4 Å². The number of carbonyl (C=O) groups excluding carboxylic acids is 4. The topological polar surface area (TPSA) is 167 Å². The van der Waals surface area contributed by atoms with Crippen molar-refractivity contribution in [3.63, 3.8) is 0 Å². The maximum absolute atomic E-state index is 15.4. The van der Waals surface area contributed by atoms with Gasteiger partial charge >= 0.3 is 5.97 Å². The minimum Gasteiger partial charge on any atom is -0.497 e. The number of amides is 2. The summed E-state index contributed by atoms with van der Waals surface area (Å²) in [5, 5.41) is 0.687. The van der Waals surface area contributed by atoms with Crippen molar-refractivity contribution in [2.24, 2.45) is 40.9 Å². The van der Waals surface area contributed by atoms with Crippen LogP contribution in [-0.4, -0.2) is 85.1 Å². The zero-order chi connectivity index (χ0) is 46.7. The molecule has 5 fully saturated rings. The first-order valence-electron chi connectivity index (χ1n) is 23.9. The number of hydrogen-bond acceptors (Lipinski definition) is 11. The number of allylic oxidation sites excluding steroid dienone is 2. The average Bonchev–Trinajstić information content (AvgIpc) is 4.23. The second kappa shape index (κ2) is 18.2. The van der Waals surface area contributed by atoms with Crippen LogP contribution in [0.3, 0.4) is 0 Å². The molecule has 1 N–H and O–H groups in total. The molecule has 3 aromatic rings. The number of nitrogens with zero attached hydrogens (tertiary/aromatic N) is 2. The first kappa shape index (κ1) is 46.1. The lowest BCUT2D eigenvalue weighted by Crippen LogP contribution is -2.47. The molecule has 13 nitrogen and oxygen atoms in total. The van der Waals surface area contributed by atoms with Crippen LogP contribution in [0.15, 0.2) is 54.6 Å². The van der Waals surface area contributed by atoms with E-state index in [1.54, 1.807) is 25.3 Å². The number of rotatable bonds is 12. The number of hydrogen-bond donors (Lipinski definition) is 1. The Kier molecular flexibility index (Phi) is 12.7. The first-order chi connectivity index (χ1) is 31.5. The van der Waals surface area contributed by atoms with E-state index in [0.29, 0.717) is 71.7 Å². The Morgan fingerprint density at radius 2 is 1.74 bits per heavy atom. The standard InChI is InChI=1S/C51H62FN3O10S/c1-28(2)63-46-15-10-31(21-42(46)52)43-22-34-20-36(62-5)11-14-40(34)48(53-43)65-38-23-44-45(56)26-51(50(59)54-66(60,61)39-12-13-39)25-35(51)9-7-6-8-29(3)16-30(4)41(49(58)55(44)27-38)24-47(57)64-37-18-32-17-33(32)19-37/h7,9-11,14-15,20-22,28-30,32-33,35,37-39,41,44H,6,8,12-13,16-19,23-27H2,1-5H3,(H,54,59)/b9-7-/t29-,30-,32-,33+,35-,37?,38-,41+,44+,51-/m1/s1. The van der Waals surface area contributed by atoms with Crippen molar-refractivity contribution in [1.29, 1.82) is 0 Å². The molecule has 10 atom stereocenters. The van der Waals surface area contributed by atoms with Crippen LogP contribution in [0.1, 0.15) is 105 Å². The van der Waals surface area contributed by atoms with Crippen LogP contribution in [0.25, 0.3) is 22.0 Å². The molecule has 66 heavy (non-hydrogen) atoms. The largest absolute Gasteiger partial charge is 0.497 e. The first-order valence-corrected chi connectivity index (χ1v) is 25.4. The molecule has 1 saturated heterocycles. The van der Waals surface area contributed by atoms with Gasteiger partial charge in [-0.1, -0.05) is 26.0 Å². The number of Topliss-reactive ketones (excluding diaryl/α,β-unsaturated/α-hetero) is 1. The predicted octanol–water partition coefficient (Wildman–Crippen LogP) is 8.12. The molecule has 0 radical (unpaired) electrons. The zero-order valence-corrected chi connectivity index (χ0v) is 39.3. The molecule has 1 unspecified atom stereocenters. The van der Waals surface area contributed by atoms with E-state index in [1.165, 1.54) is 17.4 Å². The smallest absolute Gasteiger partial charge is 0.306 e. The Hall–Kier alpha value is -5.05. The molecule has 2 aromatic carbocycles. The van der Waals surface area contributed by atoms with E-state index in [1.807, 2.05) is 51.1 Å². The van der Waals surface area contributed by atoms with Crippen LogP contribution >= 0.6 is 0 Å². The number of halogens is 1. The summed E-state index contributed by atoms with van der Waals surface area (Å²) in [6.07, 6.45) is 8.71. The summed E-state index contributed by atoms with van der Waals surface area (Å²) in [7, 11) is -2.35. The molecule has 2 aliphatic heterocycles. The maximum atomic E-state index is 15.4. The fourth-order valence-corrected chi connectivity index (χ4v) is 12.3. The van der Waals surface area contributed by atoms with Crippen LogP contribution in [0.5, 0.6) is 17.4 Å². The second-order valence-electron chi connectivity index (χ2n) is 20.5. The van der Waals surface area contributed by atoms with Crippen LogP contribution in [0.4, 0.5) is 4.39 Å². The normalized spacial score (nSPS) is 31.5. The lowest BCUT2D eigenvalue weighted by atomic mass is 9.82. The molecular weight excluding hydrogens is 866 g/mol. The number of nitrogens with one attached hydrogen (secondary N) is 1. The van der Waals surface area contributed by atoms with Crippen molar-refractivity contribution in [2.45, 2.75) is 134 Å². The van der Waals surface area contributed by atoms with Gasteiger partial charge < -0.3 is 23.8 Å². The molecule has 4 aliphatic carbocycles. The minimum absolute atomic E-state index is 0.0208. The van der Waals surface area contributed by atoms with Gasteiger partial charge in [0.25, 0.3) is 0 Å². The van der Waals surface area contributed by atoms with Crippen LogP contribution < -0.4 is 18.9 Å². The van der Waals surface area contributed by atoms with Gasteiger partial charge in [-0.25, -0.2) is 17.8 Å². The molecule has 1 aromatic heterocycles. The van der Waals surface area contributed by atoms with Crippen molar-refractivity contribution in [3.05, 3.63) is 60.4 Å². The van der Waals surface area contributed by atoms with Crippen LogP contribution in [-0.2, 0) is 33.9 Å². The highest BCUT2D eigenvalue weighted by Gasteiger charge is 2.62. The highest BCUT2D eigenvalue weighted by atomic mass is 32.2. The Morgan fingerprint density at radius 3 is 2.45 bits per heavy atom. The van der Waals surface area contributed by atoms with E-state index in [2.05, 4.69) is 11.6 Å². The van der Waals surface area contributed by atoms with Gasteiger partial charge in [-0.3, -0.25) is 23.9 Å². The third-order valence-corrected chi connectivity index (χ3v) is 16.7. The van der Waals surface area contributed by atoms with Gasteiger partial charge in [0, 0.05) is 23.8 Å². The van der Waals surface area contributed by atoms with Crippen LogP contribution in [0.2, 0.25) is 0 Å². The predicted molar refractivity (Wildman–Crippen MR) is 244 cm³/mol. The Labute approximate surface area is 386 Å². The number of ether oxygens (including phenoxy) is 4. The molecule has 2 amide bonds. The highest BCUT2D eigenvalue weighted by Crippen LogP contribution is 2.57.